The molecule has 138 valence electrons. The van der Waals surface area contributed by atoms with E-state index in [9.17, 15) is 4.79 Å². The van der Waals surface area contributed by atoms with Crippen molar-refractivity contribution in [3.63, 3.8) is 0 Å². The number of thiophene rings is 1. The number of benzene rings is 1. The zero-order valence-corrected chi connectivity index (χ0v) is 15.9. The summed E-state index contributed by atoms with van der Waals surface area (Å²) in [4.78, 5) is 13.5. The molecule has 1 atom stereocenters. The van der Waals surface area contributed by atoms with E-state index in [2.05, 4.69) is 22.1 Å². The quantitative estimate of drug-likeness (QED) is 0.847. The molecule has 6 heteroatoms. The smallest absolute Gasteiger partial charge is 0.279 e. The van der Waals surface area contributed by atoms with E-state index in [1.165, 1.54) is 12.0 Å². The fraction of sp³-hybridized carbons (Fsp3) is 0.450. The van der Waals surface area contributed by atoms with Gasteiger partial charge in [0.05, 0.1) is 7.05 Å². The highest BCUT2D eigenvalue weighted by Crippen LogP contribution is 2.46. The van der Waals surface area contributed by atoms with Crippen LogP contribution in [0.2, 0.25) is 0 Å². The Morgan fingerprint density at radius 1 is 1.19 bits per heavy atom. The summed E-state index contributed by atoms with van der Waals surface area (Å²) >= 11 is 1.68. The summed E-state index contributed by atoms with van der Waals surface area (Å²) in [6, 6.07) is 7.77. The fourth-order valence-corrected chi connectivity index (χ4v) is 4.42. The average Bonchev–Trinajstić information content (AvgIpc) is 3.22. The number of ether oxygens (including phenoxy) is 2. The molecule has 1 aromatic heterocycles. The summed E-state index contributed by atoms with van der Waals surface area (Å²) in [5.41, 5.74) is 2.02. The number of rotatable bonds is 5. The number of anilines is 1. The van der Waals surface area contributed by atoms with E-state index in [0.29, 0.717) is 6.54 Å². The minimum absolute atomic E-state index is 0.00368. The number of amides is 1. The van der Waals surface area contributed by atoms with Crippen LogP contribution in [-0.4, -0.2) is 25.3 Å². The van der Waals surface area contributed by atoms with Gasteiger partial charge >= 0.3 is 0 Å². The molecule has 2 heterocycles. The van der Waals surface area contributed by atoms with Crippen molar-refractivity contribution in [2.24, 2.45) is 0 Å². The van der Waals surface area contributed by atoms with Crippen molar-refractivity contribution in [1.29, 1.82) is 0 Å². The van der Waals surface area contributed by atoms with Crippen molar-refractivity contribution in [3.8, 4) is 11.5 Å². The van der Waals surface area contributed by atoms with Gasteiger partial charge in [-0.2, -0.15) is 11.3 Å². The van der Waals surface area contributed by atoms with Crippen LogP contribution in [0.5, 0.6) is 11.5 Å². The number of nitrogens with one attached hydrogen (secondary N) is 2. The van der Waals surface area contributed by atoms with Gasteiger partial charge in [0.25, 0.3) is 11.7 Å². The molecule has 2 aliphatic rings. The normalized spacial score (nSPS) is 18.7. The highest BCUT2D eigenvalue weighted by Gasteiger charge is 2.42. The molecule has 1 aliphatic heterocycles. The van der Waals surface area contributed by atoms with E-state index in [4.69, 9.17) is 9.47 Å². The lowest BCUT2D eigenvalue weighted by atomic mass is 9.94. The second kappa shape index (κ2) is 7.29. The monoisotopic (exact) mass is 373 g/mol. The maximum absolute atomic E-state index is 12.3. The Bertz CT molecular complexity index is 769. The van der Waals surface area contributed by atoms with Gasteiger partial charge < -0.3 is 19.7 Å². The molecule has 1 saturated carbocycles. The first-order valence-corrected chi connectivity index (χ1v) is 10.2. The molecule has 1 amide bonds. The molecule has 0 bridgehead atoms. The van der Waals surface area contributed by atoms with Gasteiger partial charge in [-0.25, -0.2) is 0 Å². The predicted molar refractivity (Wildman–Crippen MR) is 102 cm³/mol. The van der Waals surface area contributed by atoms with Gasteiger partial charge in [-0.05, 0) is 41.8 Å². The third-order valence-corrected chi connectivity index (χ3v) is 5.72. The fourth-order valence-electron chi connectivity index (χ4n) is 3.75. The molecule has 2 aromatic rings. The standard InChI is InChI=1S/C20H24N2O3S/c1-22(12-15-7-10-26-14-15)13-19(23)21-16-5-6-17-18(11-16)25-20(24-17)8-3-2-4-9-20/h5-7,10-11,14H,2-4,8-9,12-13H2,1H3,(H,21,23)/p+1. The third kappa shape index (κ3) is 3.86. The summed E-state index contributed by atoms with van der Waals surface area (Å²) in [6.45, 7) is 1.27. The minimum atomic E-state index is -0.478. The number of carbonyl (C=O) groups is 1. The van der Waals surface area contributed by atoms with E-state index < -0.39 is 5.79 Å². The summed E-state index contributed by atoms with van der Waals surface area (Å²) in [5, 5.41) is 7.17. The molecule has 0 saturated heterocycles. The zero-order chi connectivity index (χ0) is 18.0. The van der Waals surface area contributed by atoms with Gasteiger partial charge in [-0.3, -0.25) is 4.79 Å². The first kappa shape index (κ1) is 17.4. The predicted octanol–water partition coefficient (Wildman–Crippen LogP) is 2.83. The Morgan fingerprint density at radius 2 is 2.00 bits per heavy atom. The molecule has 5 nitrogen and oxygen atoms in total. The Kier molecular flexibility index (Phi) is 4.87. The number of quaternary nitrogens is 1. The van der Waals surface area contributed by atoms with Crippen molar-refractivity contribution < 1.29 is 19.2 Å². The molecule has 0 radical (unpaired) electrons. The van der Waals surface area contributed by atoms with Crippen LogP contribution >= 0.6 is 11.3 Å². The lowest BCUT2D eigenvalue weighted by Gasteiger charge is -2.31. The molecule has 1 aromatic carbocycles. The summed E-state index contributed by atoms with van der Waals surface area (Å²) in [6.07, 6.45) is 5.38. The lowest BCUT2D eigenvalue weighted by Crippen LogP contribution is -3.08. The van der Waals surface area contributed by atoms with Crippen LogP contribution in [0.15, 0.2) is 35.0 Å². The largest absolute Gasteiger partial charge is 0.448 e. The number of hydrogen-bond donors (Lipinski definition) is 2. The van der Waals surface area contributed by atoms with Crippen molar-refractivity contribution in [3.05, 3.63) is 40.6 Å². The third-order valence-electron chi connectivity index (χ3n) is 4.98. The summed E-state index contributed by atoms with van der Waals surface area (Å²) in [5.74, 6) is 1.05. The number of likely N-dealkylation sites (N-methyl/N-ethyl adjacent to an activating group) is 1. The van der Waals surface area contributed by atoms with E-state index in [1.807, 2.05) is 25.2 Å². The van der Waals surface area contributed by atoms with Crippen LogP contribution in [0.25, 0.3) is 0 Å². The number of carbonyl (C=O) groups excluding carboxylic acids is 1. The van der Waals surface area contributed by atoms with E-state index in [0.717, 1.165) is 54.3 Å². The highest BCUT2D eigenvalue weighted by molar-refractivity contribution is 7.07. The van der Waals surface area contributed by atoms with Crippen LogP contribution in [0.3, 0.4) is 0 Å². The SMILES string of the molecule is C[NH+](CC(=O)Nc1ccc2c(c1)OC1(CCCCC1)O2)Cc1ccsc1. The Hall–Kier alpha value is -2.05. The summed E-state index contributed by atoms with van der Waals surface area (Å²) < 4.78 is 12.2. The van der Waals surface area contributed by atoms with Crippen molar-refractivity contribution in [1.82, 2.24) is 0 Å². The second-order valence-electron chi connectivity index (χ2n) is 7.33. The van der Waals surface area contributed by atoms with Gasteiger partial charge in [-0.15, -0.1) is 0 Å². The maximum atomic E-state index is 12.3. The van der Waals surface area contributed by atoms with Crippen molar-refractivity contribution >= 4 is 22.9 Å². The van der Waals surface area contributed by atoms with E-state index in [-0.39, 0.29) is 5.91 Å². The molecule has 2 N–H and O–H groups in total. The van der Waals surface area contributed by atoms with Crippen molar-refractivity contribution in [2.75, 3.05) is 18.9 Å². The topological polar surface area (TPSA) is 52.0 Å². The van der Waals surface area contributed by atoms with Gasteiger partial charge in [0.2, 0.25) is 0 Å². The Balaban J connectivity index is 1.35. The molecule has 1 unspecified atom stereocenters. The van der Waals surface area contributed by atoms with Gasteiger partial charge in [0, 0.05) is 30.2 Å². The van der Waals surface area contributed by atoms with E-state index in [1.54, 1.807) is 11.3 Å². The zero-order valence-electron chi connectivity index (χ0n) is 15.0. The van der Waals surface area contributed by atoms with Crippen LogP contribution in [0, 0.1) is 0 Å². The lowest BCUT2D eigenvalue weighted by molar-refractivity contribution is -0.885. The Labute approximate surface area is 157 Å². The number of hydrogen-bond acceptors (Lipinski definition) is 4. The molecule has 4 rings (SSSR count). The van der Waals surface area contributed by atoms with Crippen LogP contribution in [-0.2, 0) is 11.3 Å². The first-order valence-electron chi connectivity index (χ1n) is 9.26. The minimum Gasteiger partial charge on any atom is -0.448 e. The molecule has 26 heavy (non-hydrogen) atoms. The molecule has 1 spiro atoms. The van der Waals surface area contributed by atoms with Gasteiger partial charge in [0.1, 0.15) is 6.54 Å². The Morgan fingerprint density at radius 3 is 2.77 bits per heavy atom. The summed E-state index contributed by atoms with van der Waals surface area (Å²) in [7, 11) is 2.03. The molecular weight excluding hydrogens is 348 g/mol. The number of fused-ring (bicyclic) bond motifs is 1. The maximum Gasteiger partial charge on any atom is 0.279 e. The van der Waals surface area contributed by atoms with Crippen LogP contribution in [0.4, 0.5) is 5.69 Å². The average molecular weight is 373 g/mol. The molecule has 1 aliphatic carbocycles. The van der Waals surface area contributed by atoms with Crippen molar-refractivity contribution in [2.45, 2.75) is 44.4 Å². The van der Waals surface area contributed by atoms with Crippen LogP contribution in [0.1, 0.15) is 37.7 Å². The van der Waals surface area contributed by atoms with Crippen LogP contribution < -0.4 is 19.7 Å². The van der Waals surface area contributed by atoms with E-state index >= 15 is 0 Å². The van der Waals surface area contributed by atoms with Gasteiger partial charge in [0.15, 0.2) is 18.0 Å². The second-order valence-corrected chi connectivity index (χ2v) is 8.11. The van der Waals surface area contributed by atoms with Gasteiger partial charge in [-0.1, -0.05) is 6.42 Å². The molecular formula is C20H25N2O3S+. The highest BCUT2D eigenvalue weighted by atomic mass is 32.1. The first-order chi connectivity index (χ1) is 12.6. The molecule has 1 fully saturated rings.